The summed E-state index contributed by atoms with van der Waals surface area (Å²) >= 11 is 9.46. The van der Waals surface area contributed by atoms with E-state index in [4.69, 9.17) is 16.3 Å². The highest BCUT2D eigenvalue weighted by atomic mass is 79.9. The van der Waals surface area contributed by atoms with Gasteiger partial charge in [0.05, 0.1) is 5.02 Å². The van der Waals surface area contributed by atoms with E-state index in [1.807, 2.05) is 43.9 Å². The third-order valence-electron chi connectivity index (χ3n) is 4.37. The molecular formula is C17H22BrClN2O2. The van der Waals surface area contributed by atoms with Crippen molar-refractivity contribution in [3.63, 3.8) is 0 Å². The van der Waals surface area contributed by atoms with Crippen LogP contribution in [-0.2, 0) is 11.3 Å². The summed E-state index contributed by atoms with van der Waals surface area (Å²) in [5.74, 6) is 1.11. The van der Waals surface area contributed by atoms with Gasteiger partial charge < -0.3 is 15.0 Å². The Morgan fingerprint density at radius 2 is 2.04 bits per heavy atom. The van der Waals surface area contributed by atoms with Gasteiger partial charge in [0.1, 0.15) is 5.60 Å². The van der Waals surface area contributed by atoms with Crippen LogP contribution in [0.4, 0.5) is 4.79 Å². The number of likely N-dealkylation sites (tertiary alicyclic amines) is 1. The Bertz CT molecular complexity index is 605. The topological polar surface area (TPSA) is 41.6 Å². The second-order valence-corrected chi connectivity index (χ2v) is 8.63. The molecule has 1 amide bonds. The van der Waals surface area contributed by atoms with Crippen LogP contribution in [0.1, 0.15) is 26.3 Å². The van der Waals surface area contributed by atoms with E-state index in [-0.39, 0.29) is 6.09 Å². The zero-order valence-corrected chi connectivity index (χ0v) is 15.9. The monoisotopic (exact) mass is 400 g/mol. The number of amides is 1. The molecule has 2 aliphatic rings. The maximum atomic E-state index is 12.0. The average molecular weight is 402 g/mol. The summed E-state index contributed by atoms with van der Waals surface area (Å²) in [5.41, 5.74) is 0.777. The van der Waals surface area contributed by atoms with Crippen molar-refractivity contribution in [3.8, 4) is 0 Å². The first-order valence-electron chi connectivity index (χ1n) is 7.90. The van der Waals surface area contributed by atoms with Crippen molar-refractivity contribution >= 4 is 33.6 Å². The first-order chi connectivity index (χ1) is 10.7. The zero-order valence-electron chi connectivity index (χ0n) is 13.6. The maximum Gasteiger partial charge on any atom is 0.410 e. The van der Waals surface area contributed by atoms with Gasteiger partial charge in [0, 0.05) is 30.1 Å². The average Bonchev–Trinajstić information content (AvgIpc) is 2.89. The normalized spacial score (nSPS) is 26.1. The van der Waals surface area contributed by atoms with Crippen LogP contribution in [0.3, 0.4) is 0 Å². The number of hydrogen-bond donors (Lipinski definition) is 1. The molecule has 0 bridgehead atoms. The number of rotatable bonds is 3. The molecular weight excluding hydrogens is 380 g/mol. The number of fused-ring (bicyclic) bond motifs is 1. The van der Waals surface area contributed by atoms with E-state index in [1.165, 1.54) is 5.56 Å². The summed E-state index contributed by atoms with van der Waals surface area (Å²) in [6, 6.07) is 6.48. The molecule has 1 heterocycles. The molecule has 2 atom stereocenters. The van der Waals surface area contributed by atoms with Gasteiger partial charge in [0.15, 0.2) is 0 Å². The second kappa shape index (κ2) is 6.26. The fraction of sp³-hybridized carbons (Fsp3) is 0.588. The lowest BCUT2D eigenvalue weighted by molar-refractivity contribution is 0.0269. The number of nitrogens with one attached hydrogen (secondary N) is 1. The van der Waals surface area contributed by atoms with Crippen molar-refractivity contribution in [2.75, 3.05) is 13.1 Å². The predicted octanol–water partition coefficient (Wildman–Crippen LogP) is 4.06. The molecule has 23 heavy (non-hydrogen) atoms. The molecule has 4 nitrogen and oxygen atoms in total. The summed E-state index contributed by atoms with van der Waals surface area (Å²) in [6.45, 7) is 8.10. The summed E-state index contributed by atoms with van der Waals surface area (Å²) in [7, 11) is 0. The molecule has 2 fully saturated rings. The molecule has 0 radical (unpaired) electrons. The Labute approximate surface area is 150 Å². The van der Waals surface area contributed by atoms with Gasteiger partial charge in [-0.3, -0.25) is 0 Å². The van der Waals surface area contributed by atoms with Gasteiger partial charge in [0.2, 0.25) is 0 Å². The van der Waals surface area contributed by atoms with Crippen molar-refractivity contribution in [3.05, 3.63) is 33.3 Å². The minimum atomic E-state index is -0.427. The van der Waals surface area contributed by atoms with Crippen LogP contribution < -0.4 is 5.32 Å². The Morgan fingerprint density at radius 3 is 2.61 bits per heavy atom. The van der Waals surface area contributed by atoms with E-state index in [0.29, 0.717) is 17.9 Å². The maximum absolute atomic E-state index is 12.0. The van der Waals surface area contributed by atoms with Crippen molar-refractivity contribution in [1.29, 1.82) is 0 Å². The van der Waals surface area contributed by atoms with Crippen LogP contribution in [0.5, 0.6) is 0 Å². The van der Waals surface area contributed by atoms with E-state index in [2.05, 4.69) is 21.2 Å². The molecule has 1 aromatic carbocycles. The third kappa shape index (κ3) is 4.01. The lowest BCUT2D eigenvalue weighted by Crippen LogP contribution is -2.39. The highest BCUT2D eigenvalue weighted by Gasteiger charge is 2.56. The third-order valence-corrected chi connectivity index (χ3v) is 5.59. The second-order valence-electron chi connectivity index (χ2n) is 7.37. The molecule has 126 valence electrons. The van der Waals surface area contributed by atoms with Crippen LogP contribution in [0, 0.1) is 11.8 Å². The van der Waals surface area contributed by atoms with Crippen molar-refractivity contribution in [2.24, 2.45) is 11.8 Å². The predicted molar refractivity (Wildman–Crippen MR) is 94.6 cm³/mol. The summed E-state index contributed by atoms with van der Waals surface area (Å²) < 4.78 is 6.35. The van der Waals surface area contributed by atoms with Crippen LogP contribution >= 0.6 is 27.5 Å². The summed E-state index contributed by atoms with van der Waals surface area (Å²) in [4.78, 5) is 13.9. The van der Waals surface area contributed by atoms with Gasteiger partial charge in [-0.15, -0.1) is 0 Å². The van der Waals surface area contributed by atoms with Crippen LogP contribution in [0.25, 0.3) is 0 Å². The number of halogens is 2. The highest BCUT2D eigenvalue weighted by molar-refractivity contribution is 9.10. The van der Waals surface area contributed by atoms with E-state index in [0.717, 1.165) is 29.1 Å². The first kappa shape index (κ1) is 17.1. The number of ether oxygens (including phenoxy) is 1. The molecule has 1 aromatic rings. The van der Waals surface area contributed by atoms with Crippen LogP contribution in [0.15, 0.2) is 22.7 Å². The first-order valence-corrected chi connectivity index (χ1v) is 9.07. The van der Waals surface area contributed by atoms with E-state index < -0.39 is 5.60 Å². The van der Waals surface area contributed by atoms with Gasteiger partial charge >= 0.3 is 6.09 Å². The molecule has 1 N–H and O–H groups in total. The Balaban J connectivity index is 1.45. The number of carbonyl (C=O) groups excluding carboxylic acids is 1. The minimum Gasteiger partial charge on any atom is -0.444 e. The van der Waals surface area contributed by atoms with Gasteiger partial charge in [-0.1, -0.05) is 17.7 Å². The van der Waals surface area contributed by atoms with Gasteiger partial charge in [-0.2, -0.15) is 0 Å². The van der Waals surface area contributed by atoms with Crippen LogP contribution in [0.2, 0.25) is 5.02 Å². The number of nitrogens with zero attached hydrogens (tertiary/aromatic N) is 1. The molecule has 0 aromatic heterocycles. The smallest absolute Gasteiger partial charge is 0.410 e. The molecule has 1 aliphatic carbocycles. The number of benzene rings is 1. The lowest BCUT2D eigenvalue weighted by atomic mass is 10.2. The zero-order chi connectivity index (χ0) is 16.8. The Kier molecular flexibility index (Phi) is 4.64. The number of piperidine rings is 1. The van der Waals surface area contributed by atoms with E-state index in [1.54, 1.807) is 0 Å². The fourth-order valence-corrected chi connectivity index (χ4v) is 3.73. The molecule has 3 rings (SSSR count). The summed E-state index contributed by atoms with van der Waals surface area (Å²) in [5, 5.41) is 4.31. The summed E-state index contributed by atoms with van der Waals surface area (Å²) in [6.07, 6.45) is -0.190. The van der Waals surface area contributed by atoms with Crippen molar-refractivity contribution in [2.45, 2.75) is 39.0 Å². The molecule has 1 saturated heterocycles. The van der Waals surface area contributed by atoms with Crippen molar-refractivity contribution < 1.29 is 9.53 Å². The molecule has 1 saturated carbocycles. The Hall–Kier alpha value is -0.780. The molecule has 0 spiro atoms. The van der Waals surface area contributed by atoms with Crippen molar-refractivity contribution in [1.82, 2.24) is 10.2 Å². The molecule has 2 unspecified atom stereocenters. The Morgan fingerprint density at radius 1 is 1.39 bits per heavy atom. The fourth-order valence-electron chi connectivity index (χ4n) is 3.19. The quantitative estimate of drug-likeness (QED) is 0.830. The number of hydrogen-bond acceptors (Lipinski definition) is 3. The van der Waals surface area contributed by atoms with E-state index >= 15 is 0 Å². The van der Waals surface area contributed by atoms with Gasteiger partial charge in [0.25, 0.3) is 0 Å². The standard InChI is InChI=1S/C17H22BrClN2O2/c1-17(2,3)23-16(22)21-8-11-12(9-21)15(11)20-7-10-4-5-14(19)13(18)6-10/h4-6,11-12,15,20H,7-9H2,1-3H3. The lowest BCUT2D eigenvalue weighted by Gasteiger charge is -2.26. The number of carbonyl (C=O) groups is 1. The highest BCUT2D eigenvalue weighted by Crippen LogP contribution is 2.46. The van der Waals surface area contributed by atoms with Crippen LogP contribution in [-0.4, -0.2) is 35.7 Å². The van der Waals surface area contributed by atoms with E-state index in [9.17, 15) is 4.79 Å². The molecule has 6 heteroatoms. The van der Waals surface area contributed by atoms with Gasteiger partial charge in [-0.05, 0) is 66.2 Å². The minimum absolute atomic E-state index is 0.190. The van der Waals surface area contributed by atoms with Gasteiger partial charge in [-0.25, -0.2) is 4.79 Å². The SMILES string of the molecule is CC(C)(C)OC(=O)N1CC2C(C1)C2NCc1ccc(Cl)c(Br)c1. The largest absolute Gasteiger partial charge is 0.444 e. The molecule has 1 aliphatic heterocycles.